The fourth-order valence-corrected chi connectivity index (χ4v) is 2.63. The van der Waals surface area contributed by atoms with Crippen LogP contribution >= 0.6 is 0 Å². The summed E-state index contributed by atoms with van der Waals surface area (Å²) in [4.78, 5) is 23.0. The molecule has 112 valence electrons. The molecule has 0 aliphatic carbocycles. The van der Waals surface area contributed by atoms with Crippen LogP contribution in [0.5, 0.6) is 0 Å². The number of amides is 1. The Hall–Kier alpha value is -3.34. The van der Waals surface area contributed by atoms with Crippen LogP contribution in [0.1, 0.15) is 17.0 Å². The number of rotatable bonds is 3. The highest BCUT2D eigenvalue weighted by Gasteiger charge is 2.26. The number of fused-ring (bicyclic) bond motifs is 1. The Bertz CT molecular complexity index is 903. The molecule has 0 saturated heterocycles. The van der Waals surface area contributed by atoms with Crippen molar-refractivity contribution in [3.63, 3.8) is 0 Å². The summed E-state index contributed by atoms with van der Waals surface area (Å²) in [6.07, 6.45) is 7.27. The van der Waals surface area contributed by atoms with Crippen molar-refractivity contribution < 1.29 is 4.79 Å². The van der Waals surface area contributed by atoms with E-state index in [-0.39, 0.29) is 5.91 Å². The molecule has 1 aliphatic rings. The van der Waals surface area contributed by atoms with Crippen LogP contribution in [0.2, 0.25) is 0 Å². The third-order valence-corrected chi connectivity index (χ3v) is 3.69. The Morgan fingerprint density at radius 1 is 0.913 bits per heavy atom. The van der Waals surface area contributed by atoms with E-state index in [1.165, 1.54) is 0 Å². The average Bonchev–Trinajstić information content (AvgIpc) is 3.28. The van der Waals surface area contributed by atoms with Crippen molar-refractivity contribution in [1.82, 2.24) is 9.97 Å². The molecule has 0 atom stereocenters. The summed E-state index contributed by atoms with van der Waals surface area (Å²) in [5.41, 5.74) is 4.78. The summed E-state index contributed by atoms with van der Waals surface area (Å²) < 4.78 is 0. The topological polar surface area (TPSA) is 73.0 Å². The maximum Gasteiger partial charge on any atom is 0.256 e. The van der Waals surface area contributed by atoms with Gasteiger partial charge in [0.25, 0.3) is 5.91 Å². The summed E-state index contributed by atoms with van der Waals surface area (Å²) in [6, 6.07) is 13.3. The number of carbonyl (C=O) groups excluding carboxylic acids is 1. The first-order valence-electron chi connectivity index (χ1n) is 7.28. The third kappa shape index (κ3) is 2.48. The molecule has 1 aliphatic heterocycles. The number of nitrogens with zero attached hydrogens (tertiary/aromatic N) is 1. The number of aromatic amines is 2. The van der Waals surface area contributed by atoms with Crippen LogP contribution < -0.4 is 5.32 Å². The average molecular weight is 302 g/mol. The standard InChI is InChI=1S/C18H14N4O/c23-18-14(10-12-4-2-8-19-12)17-15(6-1-7-16(17)22-18)21-11-13-5-3-9-20-13/h1-11,19-20H,(H,22,23)/b14-10-,21-11?. The SMILES string of the molecule is O=C1Nc2cccc(N=Cc3ccc[nH]3)c2/C1=C/c1ccc[nH]1. The molecule has 23 heavy (non-hydrogen) atoms. The second kappa shape index (κ2) is 5.46. The largest absolute Gasteiger partial charge is 0.362 e. The number of hydrogen-bond donors (Lipinski definition) is 3. The van der Waals surface area contributed by atoms with Crippen molar-refractivity contribution in [2.24, 2.45) is 4.99 Å². The maximum atomic E-state index is 12.3. The van der Waals surface area contributed by atoms with E-state index in [0.717, 1.165) is 28.3 Å². The quantitative estimate of drug-likeness (QED) is 0.502. The van der Waals surface area contributed by atoms with E-state index < -0.39 is 0 Å². The lowest BCUT2D eigenvalue weighted by atomic mass is 10.0. The summed E-state index contributed by atoms with van der Waals surface area (Å²) in [7, 11) is 0. The molecular weight excluding hydrogens is 288 g/mol. The number of aliphatic imine (C=N–C) groups is 1. The zero-order valence-electron chi connectivity index (χ0n) is 12.2. The van der Waals surface area contributed by atoms with Crippen LogP contribution in [0.3, 0.4) is 0 Å². The molecule has 3 aromatic rings. The van der Waals surface area contributed by atoms with Gasteiger partial charge in [-0.25, -0.2) is 0 Å². The molecule has 0 spiro atoms. The van der Waals surface area contributed by atoms with Gasteiger partial charge < -0.3 is 15.3 Å². The van der Waals surface area contributed by atoms with Crippen molar-refractivity contribution in [1.29, 1.82) is 0 Å². The Morgan fingerprint density at radius 3 is 2.43 bits per heavy atom. The number of carbonyl (C=O) groups is 1. The van der Waals surface area contributed by atoms with Gasteiger partial charge >= 0.3 is 0 Å². The lowest BCUT2D eigenvalue weighted by Crippen LogP contribution is -2.03. The number of nitrogens with one attached hydrogen (secondary N) is 3. The van der Waals surface area contributed by atoms with Crippen LogP contribution in [-0.2, 0) is 4.79 Å². The number of benzene rings is 1. The van der Waals surface area contributed by atoms with E-state index in [1.807, 2.05) is 60.9 Å². The number of anilines is 1. The summed E-state index contributed by atoms with van der Waals surface area (Å²) >= 11 is 0. The minimum Gasteiger partial charge on any atom is -0.362 e. The Kier molecular flexibility index (Phi) is 3.16. The van der Waals surface area contributed by atoms with Gasteiger partial charge in [-0.1, -0.05) is 6.07 Å². The highest BCUT2D eigenvalue weighted by atomic mass is 16.2. The molecule has 0 unspecified atom stereocenters. The van der Waals surface area contributed by atoms with E-state index >= 15 is 0 Å². The molecule has 1 aromatic carbocycles. The van der Waals surface area contributed by atoms with E-state index in [1.54, 1.807) is 6.21 Å². The van der Waals surface area contributed by atoms with Gasteiger partial charge in [0.2, 0.25) is 0 Å². The lowest BCUT2D eigenvalue weighted by Gasteiger charge is -2.03. The minimum absolute atomic E-state index is 0.114. The summed E-state index contributed by atoms with van der Waals surface area (Å²) in [5, 5.41) is 2.89. The number of H-pyrrole nitrogens is 2. The van der Waals surface area contributed by atoms with Gasteiger partial charge in [0, 0.05) is 23.7 Å². The van der Waals surface area contributed by atoms with Gasteiger partial charge in [-0.15, -0.1) is 0 Å². The normalized spacial score (nSPS) is 15.3. The minimum atomic E-state index is -0.114. The van der Waals surface area contributed by atoms with Crippen LogP contribution in [0.15, 0.2) is 59.9 Å². The number of aromatic nitrogens is 2. The lowest BCUT2D eigenvalue weighted by molar-refractivity contribution is -0.110. The Morgan fingerprint density at radius 2 is 1.70 bits per heavy atom. The van der Waals surface area contributed by atoms with Crippen molar-refractivity contribution in [2.75, 3.05) is 5.32 Å². The van der Waals surface area contributed by atoms with E-state index in [4.69, 9.17) is 0 Å². The van der Waals surface area contributed by atoms with Crippen molar-refractivity contribution in [2.45, 2.75) is 0 Å². The zero-order chi connectivity index (χ0) is 15.6. The van der Waals surface area contributed by atoms with Crippen LogP contribution in [0.4, 0.5) is 11.4 Å². The fraction of sp³-hybridized carbons (Fsp3) is 0. The summed E-state index contributed by atoms with van der Waals surface area (Å²) in [5.74, 6) is -0.114. The van der Waals surface area contributed by atoms with Gasteiger partial charge in [0.15, 0.2) is 0 Å². The molecule has 0 radical (unpaired) electrons. The molecule has 3 heterocycles. The highest BCUT2D eigenvalue weighted by molar-refractivity contribution is 6.36. The summed E-state index contributed by atoms with van der Waals surface area (Å²) in [6.45, 7) is 0. The molecular formula is C18H14N4O. The zero-order valence-corrected chi connectivity index (χ0v) is 12.2. The van der Waals surface area contributed by atoms with Crippen LogP contribution in [0, 0.1) is 0 Å². The molecule has 0 saturated carbocycles. The van der Waals surface area contributed by atoms with Crippen molar-refractivity contribution >= 4 is 35.1 Å². The molecule has 1 amide bonds. The van der Waals surface area contributed by atoms with Gasteiger partial charge in [-0.3, -0.25) is 9.79 Å². The first-order chi connectivity index (χ1) is 11.3. The smallest absolute Gasteiger partial charge is 0.256 e. The highest BCUT2D eigenvalue weighted by Crippen LogP contribution is 2.39. The van der Waals surface area contributed by atoms with Gasteiger partial charge in [0.05, 0.1) is 28.9 Å². The molecule has 3 N–H and O–H groups in total. The van der Waals surface area contributed by atoms with Crippen molar-refractivity contribution in [3.05, 3.63) is 71.8 Å². The molecule has 5 heteroatoms. The fourth-order valence-electron chi connectivity index (χ4n) is 2.63. The second-order valence-corrected chi connectivity index (χ2v) is 5.22. The molecule has 5 nitrogen and oxygen atoms in total. The van der Waals surface area contributed by atoms with Crippen LogP contribution in [-0.4, -0.2) is 22.1 Å². The Labute approximate surface area is 132 Å². The van der Waals surface area contributed by atoms with E-state index in [9.17, 15) is 4.79 Å². The predicted octanol–water partition coefficient (Wildman–Crippen LogP) is 3.59. The molecule has 0 bridgehead atoms. The van der Waals surface area contributed by atoms with Gasteiger partial charge in [0.1, 0.15) is 0 Å². The second-order valence-electron chi connectivity index (χ2n) is 5.22. The van der Waals surface area contributed by atoms with E-state index in [2.05, 4.69) is 20.3 Å². The van der Waals surface area contributed by atoms with E-state index in [0.29, 0.717) is 5.57 Å². The first-order valence-corrected chi connectivity index (χ1v) is 7.28. The predicted molar refractivity (Wildman–Crippen MR) is 91.8 cm³/mol. The van der Waals surface area contributed by atoms with Gasteiger partial charge in [-0.05, 0) is 42.5 Å². The first kappa shape index (κ1) is 13.3. The van der Waals surface area contributed by atoms with Crippen LogP contribution in [0.25, 0.3) is 11.6 Å². The Balaban J connectivity index is 1.80. The van der Waals surface area contributed by atoms with Crippen molar-refractivity contribution in [3.8, 4) is 0 Å². The number of hydrogen-bond acceptors (Lipinski definition) is 2. The maximum absolute atomic E-state index is 12.3. The molecule has 4 rings (SSSR count). The molecule has 2 aromatic heterocycles. The third-order valence-electron chi connectivity index (χ3n) is 3.69. The molecule has 0 fully saturated rings. The van der Waals surface area contributed by atoms with Gasteiger partial charge in [-0.2, -0.15) is 0 Å². The monoisotopic (exact) mass is 302 g/mol.